The van der Waals surface area contributed by atoms with E-state index < -0.39 is 5.41 Å². The van der Waals surface area contributed by atoms with Crippen LogP contribution in [-0.2, 0) is 7.05 Å². The minimum absolute atomic E-state index is 0.124. The first-order chi connectivity index (χ1) is 10.3. The molecule has 0 aliphatic heterocycles. The van der Waals surface area contributed by atoms with E-state index in [2.05, 4.69) is 19.1 Å². The van der Waals surface area contributed by atoms with Crippen LogP contribution >= 0.6 is 0 Å². The van der Waals surface area contributed by atoms with Crippen molar-refractivity contribution in [3.63, 3.8) is 0 Å². The molecule has 0 unspecified atom stereocenters. The van der Waals surface area contributed by atoms with E-state index in [4.69, 9.17) is 4.42 Å². The summed E-state index contributed by atoms with van der Waals surface area (Å²) in [5.41, 5.74) is 4.25. The third kappa shape index (κ3) is 2.37. The molecule has 3 rings (SSSR count). The zero-order valence-electron chi connectivity index (χ0n) is 13.7. The lowest BCUT2D eigenvalue weighted by Crippen LogP contribution is -2.22. The molecule has 22 heavy (non-hydrogen) atoms. The van der Waals surface area contributed by atoms with Crippen molar-refractivity contribution in [1.82, 2.24) is 4.57 Å². The van der Waals surface area contributed by atoms with E-state index in [1.165, 1.54) is 5.56 Å². The Bertz CT molecular complexity index is 859. The predicted molar refractivity (Wildman–Crippen MR) is 89.1 cm³/mol. The Kier molecular flexibility index (Phi) is 3.24. The summed E-state index contributed by atoms with van der Waals surface area (Å²) in [6.45, 7) is 7.86. The highest BCUT2D eigenvalue weighted by molar-refractivity contribution is 6.02. The molecule has 0 radical (unpaired) electrons. The Morgan fingerprint density at radius 1 is 1.14 bits per heavy atom. The second kappa shape index (κ2) is 4.87. The normalized spacial score (nSPS) is 12.0. The molecule has 0 atom stereocenters. The third-order valence-electron chi connectivity index (χ3n) is 3.95. The SMILES string of the molecule is Cc1cccc(-c2cc3c(cc(C(=O)C(C)(C)C)n3C)o2)c1. The number of hydrogen-bond donors (Lipinski definition) is 0. The molecule has 0 aliphatic rings. The van der Waals surface area contributed by atoms with E-state index in [1.807, 2.05) is 56.7 Å². The Morgan fingerprint density at radius 3 is 2.45 bits per heavy atom. The quantitative estimate of drug-likeness (QED) is 0.625. The lowest BCUT2D eigenvalue weighted by atomic mass is 9.89. The maximum atomic E-state index is 12.5. The van der Waals surface area contributed by atoms with E-state index in [0.29, 0.717) is 5.69 Å². The lowest BCUT2D eigenvalue weighted by molar-refractivity contribution is 0.0850. The van der Waals surface area contributed by atoms with Crippen molar-refractivity contribution in [2.45, 2.75) is 27.7 Å². The monoisotopic (exact) mass is 295 g/mol. The number of Topliss-reactive ketones (excluding diaryl/α,β-unsaturated/α-hetero) is 1. The molecule has 3 nitrogen and oxygen atoms in total. The molecule has 0 N–H and O–H groups in total. The second-order valence-electron chi connectivity index (χ2n) is 6.90. The molecule has 2 aromatic heterocycles. The summed E-state index contributed by atoms with van der Waals surface area (Å²) in [7, 11) is 1.91. The highest BCUT2D eigenvalue weighted by Gasteiger charge is 2.27. The molecule has 0 spiro atoms. The van der Waals surface area contributed by atoms with Crippen LogP contribution in [-0.4, -0.2) is 10.4 Å². The van der Waals surface area contributed by atoms with Crippen LogP contribution in [0.1, 0.15) is 36.8 Å². The van der Waals surface area contributed by atoms with Gasteiger partial charge < -0.3 is 8.98 Å². The van der Waals surface area contributed by atoms with Gasteiger partial charge in [-0.05, 0) is 13.0 Å². The van der Waals surface area contributed by atoms with E-state index in [1.54, 1.807) is 0 Å². The smallest absolute Gasteiger partial charge is 0.184 e. The first-order valence-electron chi connectivity index (χ1n) is 7.48. The first-order valence-corrected chi connectivity index (χ1v) is 7.48. The summed E-state index contributed by atoms with van der Waals surface area (Å²) >= 11 is 0. The molecule has 0 amide bonds. The number of ketones is 1. The Balaban J connectivity index is 2.09. The van der Waals surface area contributed by atoms with Gasteiger partial charge in [-0.2, -0.15) is 0 Å². The highest BCUT2D eigenvalue weighted by atomic mass is 16.3. The number of fused-ring (bicyclic) bond motifs is 1. The number of aryl methyl sites for hydroxylation is 2. The van der Waals surface area contributed by atoms with Gasteiger partial charge in [0, 0.05) is 30.2 Å². The Labute approximate surface area is 130 Å². The topological polar surface area (TPSA) is 35.1 Å². The van der Waals surface area contributed by atoms with Gasteiger partial charge in [0.2, 0.25) is 0 Å². The average Bonchev–Trinajstić information content (AvgIpc) is 2.97. The zero-order chi connectivity index (χ0) is 16.1. The fraction of sp³-hybridized carbons (Fsp3) is 0.316. The third-order valence-corrected chi connectivity index (χ3v) is 3.95. The number of carbonyl (C=O) groups is 1. The molecule has 3 heteroatoms. The molecule has 1 aromatic carbocycles. The van der Waals surface area contributed by atoms with Crippen LogP contribution < -0.4 is 0 Å². The summed E-state index contributed by atoms with van der Waals surface area (Å²) in [5, 5.41) is 0. The van der Waals surface area contributed by atoms with Crippen LogP contribution in [0.2, 0.25) is 0 Å². The van der Waals surface area contributed by atoms with E-state index in [9.17, 15) is 4.79 Å². The van der Waals surface area contributed by atoms with Crippen LogP contribution in [0.3, 0.4) is 0 Å². The summed E-state index contributed by atoms with van der Waals surface area (Å²) < 4.78 is 7.88. The predicted octanol–water partition coefficient (Wildman–Crippen LogP) is 4.98. The standard InChI is InChI=1S/C19H21NO2/c1-12-7-6-8-13(9-12)16-10-14-17(22-16)11-15(20(14)5)18(21)19(2,3)4/h6-11H,1-5H3. The van der Waals surface area contributed by atoms with Gasteiger partial charge in [-0.25, -0.2) is 0 Å². The van der Waals surface area contributed by atoms with Crippen molar-refractivity contribution >= 4 is 16.9 Å². The molecular formula is C19H21NO2. The lowest BCUT2D eigenvalue weighted by Gasteiger charge is -2.16. The molecule has 2 heterocycles. The zero-order valence-corrected chi connectivity index (χ0v) is 13.7. The van der Waals surface area contributed by atoms with Crippen LogP contribution in [0, 0.1) is 12.3 Å². The van der Waals surface area contributed by atoms with Gasteiger partial charge in [-0.3, -0.25) is 4.79 Å². The van der Waals surface area contributed by atoms with Crippen LogP contribution in [0.4, 0.5) is 0 Å². The van der Waals surface area contributed by atoms with Gasteiger partial charge in [0.15, 0.2) is 11.4 Å². The van der Waals surface area contributed by atoms with Crippen LogP contribution in [0.5, 0.6) is 0 Å². The number of nitrogens with zero attached hydrogens (tertiary/aromatic N) is 1. The Hall–Kier alpha value is -2.29. The number of hydrogen-bond acceptors (Lipinski definition) is 2. The fourth-order valence-corrected chi connectivity index (χ4v) is 2.65. The average molecular weight is 295 g/mol. The summed E-state index contributed by atoms with van der Waals surface area (Å²) in [5.74, 6) is 0.956. The summed E-state index contributed by atoms with van der Waals surface area (Å²) in [4.78, 5) is 12.5. The number of carbonyl (C=O) groups excluding carboxylic acids is 1. The molecule has 114 valence electrons. The van der Waals surface area contributed by atoms with Crippen molar-refractivity contribution in [3.05, 3.63) is 47.7 Å². The van der Waals surface area contributed by atoms with Crippen molar-refractivity contribution in [1.29, 1.82) is 0 Å². The number of rotatable bonds is 2. The van der Waals surface area contributed by atoms with Crippen molar-refractivity contribution < 1.29 is 9.21 Å². The van der Waals surface area contributed by atoms with Crippen molar-refractivity contribution in [2.75, 3.05) is 0 Å². The minimum Gasteiger partial charge on any atom is -0.454 e. The molecule has 0 aliphatic carbocycles. The van der Waals surface area contributed by atoms with Crippen molar-refractivity contribution in [2.24, 2.45) is 12.5 Å². The second-order valence-corrected chi connectivity index (χ2v) is 6.90. The molecular weight excluding hydrogens is 274 g/mol. The maximum Gasteiger partial charge on any atom is 0.184 e. The molecule has 0 saturated carbocycles. The van der Waals surface area contributed by atoms with Gasteiger partial charge in [-0.15, -0.1) is 0 Å². The molecule has 0 bridgehead atoms. The van der Waals surface area contributed by atoms with E-state index in [-0.39, 0.29) is 5.78 Å². The molecule has 0 fully saturated rings. The largest absolute Gasteiger partial charge is 0.454 e. The van der Waals surface area contributed by atoms with Gasteiger partial charge in [0.05, 0.1) is 11.2 Å². The maximum absolute atomic E-state index is 12.5. The number of aromatic nitrogens is 1. The molecule has 0 saturated heterocycles. The van der Waals surface area contributed by atoms with Crippen LogP contribution in [0.15, 0.2) is 40.8 Å². The fourth-order valence-electron chi connectivity index (χ4n) is 2.65. The van der Waals surface area contributed by atoms with E-state index in [0.717, 1.165) is 22.4 Å². The van der Waals surface area contributed by atoms with Gasteiger partial charge in [0.25, 0.3) is 0 Å². The van der Waals surface area contributed by atoms with E-state index >= 15 is 0 Å². The first kappa shape index (κ1) is 14.6. The number of benzene rings is 1. The van der Waals surface area contributed by atoms with Gasteiger partial charge in [0.1, 0.15) is 5.76 Å². The van der Waals surface area contributed by atoms with Gasteiger partial charge in [-0.1, -0.05) is 44.5 Å². The Morgan fingerprint density at radius 2 is 1.86 bits per heavy atom. The summed E-state index contributed by atoms with van der Waals surface area (Å²) in [6.07, 6.45) is 0. The highest BCUT2D eigenvalue weighted by Crippen LogP contribution is 2.32. The summed E-state index contributed by atoms with van der Waals surface area (Å²) in [6, 6.07) is 12.1. The minimum atomic E-state index is -0.400. The van der Waals surface area contributed by atoms with Crippen LogP contribution in [0.25, 0.3) is 22.4 Å². The van der Waals surface area contributed by atoms with Gasteiger partial charge >= 0.3 is 0 Å². The van der Waals surface area contributed by atoms with Crippen molar-refractivity contribution in [3.8, 4) is 11.3 Å². The number of furan rings is 1. The molecule has 3 aromatic rings.